The highest BCUT2D eigenvalue weighted by Crippen LogP contribution is 2.35. The Morgan fingerprint density at radius 3 is 2.55 bits per heavy atom. The fraction of sp³-hybridized carbons (Fsp3) is 0.200. The van der Waals surface area contributed by atoms with E-state index < -0.39 is 0 Å². The molecule has 4 nitrogen and oxygen atoms in total. The second kappa shape index (κ2) is 6.86. The Hall–Kier alpha value is -1.30. The monoisotopic (exact) mass is 402 g/mol. The van der Waals surface area contributed by atoms with E-state index >= 15 is 0 Å². The molecule has 1 atom stereocenters. The van der Waals surface area contributed by atoms with Crippen molar-refractivity contribution in [1.29, 1.82) is 0 Å². The maximum absolute atomic E-state index is 11.3. The standard InChI is InChI=1S/C15H13BrCl2N2O2/c1-8-5-10(16)6-14(15(8)20(21)22)19-9(2)12-4-3-11(17)7-13(12)18/h3-7,9,19H,1-2H3/t9-/m1/s1. The van der Waals surface area contributed by atoms with E-state index in [4.69, 9.17) is 23.2 Å². The molecule has 0 fully saturated rings. The van der Waals surface area contributed by atoms with Crippen LogP contribution < -0.4 is 5.32 Å². The van der Waals surface area contributed by atoms with Gasteiger partial charge in [0.15, 0.2) is 0 Å². The lowest BCUT2D eigenvalue weighted by Crippen LogP contribution is -2.09. The van der Waals surface area contributed by atoms with Crippen molar-refractivity contribution in [1.82, 2.24) is 0 Å². The number of halogens is 3. The molecule has 0 aliphatic rings. The van der Waals surface area contributed by atoms with Gasteiger partial charge >= 0.3 is 0 Å². The van der Waals surface area contributed by atoms with Crippen LogP contribution in [0.3, 0.4) is 0 Å². The first kappa shape index (κ1) is 17.1. The van der Waals surface area contributed by atoms with Crippen LogP contribution in [0, 0.1) is 17.0 Å². The first-order valence-corrected chi connectivity index (χ1v) is 8.00. The molecule has 0 heterocycles. The molecule has 0 aliphatic heterocycles. The van der Waals surface area contributed by atoms with Gasteiger partial charge in [-0.25, -0.2) is 0 Å². The number of anilines is 1. The van der Waals surface area contributed by atoms with E-state index in [2.05, 4.69) is 21.2 Å². The van der Waals surface area contributed by atoms with Crippen LogP contribution in [-0.2, 0) is 0 Å². The fourth-order valence-corrected chi connectivity index (χ4v) is 3.40. The maximum atomic E-state index is 11.3. The lowest BCUT2D eigenvalue weighted by Gasteiger charge is -2.18. The van der Waals surface area contributed by atoms with Crippen LogP contribution >= 0.6 is 39.1 Å². The predicted octanol–water partition coefficient (Wildman–Crippen LogP) is 6.15. The van der Waals surface area contributed by atoms with E-state index in [1.807, 2.05) is 6.92 Å². The van der Waals surface area contributed by atoms with E-state index in [9.17, 15) is 10.1 Å². The van der Waals surface area contributed by atoms with Gasteiger partial charge in [-0.3, -0.25) is 10.1 Å². The molecule has 0 amide bonds. The van der Waals surface area contributed by atoms with Gasteiger partial charge in [0, 0.05) is 20.1 Å². The van der Waals surface area contributed by atoms with Crippen LogP contribution in [0.15, 0.2) is 34.8 Å². The molecule has 7 heteroatoms. The Balaban J connectivity index is 2.39. The summed E-state index contributed by atoms with van der Waals surface area (Å²) in [6, 6.07) is 8.38. The quantitative estimate of drug-likeness (QED) is 0.492. The SMILES string of the molecule is Cc1cc(Br)cc(N[C@H](C)c2ccc(Cl)cc2Cl)c1[N+](=O)[O-]. The molecule has 0 unspecified atom stereocenters. The smallest absolute Gasteiger partial charge is 0.295 e. The molecule has 0 bridgehead atoms. The molecule has 0 radical (unpaired) electrons. The van der Waals surface area contributed by atoms with Crippen molar-refractivity contribution < 1.29 is 4.92 Å². The first-order chi connectivity index (χ1) is 10.3. The zero-order valence-electron chi connectivity index (χ0n) is 11.9. The third-order valence-electron chi connectivity index (χ3n) is 3.25. The number of nitro benzene ring substituents is 1. The highest BCUT2D eigenvalue weighted by Gasteiger charge is 2.20. The minimum Gasteiger partial charge on any atom is -0.373 e. The van der Waals surface area contributed by atoms with Gasteiger partial charge in [-0.1, -0.05) is 45.2 Å². The molecule has 0 saturated heterocycles. The van der Waals surface area contributed by atoms with Crippen LogP contribution in [0.25, 0.3) is 0 Å². The summed E-state index contributed by atoms with van der Waals surface area (Å²) in [7, 11) is 0. The minimum absolute atomic E-state index is 0.0557. The number of nitro groups is 1. The van der Waals surface area contributed by atoms with Crippen LogP contribution in [-0.4, -0.2) is 4.92 Å². The summed E-state index contributed by atoms with van der Waals surface area (Å²) in [6.07, 6.45) is 0. The Bertz CT molecular complexity index is 738. The Morgan fingerprint density at radius 2 is 1.95 bits per heavy atom. The molecule has 0 saturated carbocycles. The molecular formula is C15H13BrCl2N2O2. The summed E-state index contributed by atoms with van der Waals surface area (Å²) in [4.78, 5) is 10.9. The molecule has 2 rings (SSSR count). The number of aryl methyl sites for hydroxylation is 1. The molecule has 2 aromatic carbocycles. The van der Waals surface area contributed by atoms with Crippen molar-refractivity contribution in [2.75, 3.05) is 5.32 Å². The van der Waals surface area contributed by atoms with Gasteiger partial charge in [0.2, 0.25) is 0 Å². The number of rotatable bonds is 4. The van der Waals surface area contributed by atoms with Crippen molar-refractivity contribution in [2.24, 2.45) is 0 Å². The van der Waals surface area contributed by atoms with Gasteiger partial charge in [-0.15, -0.1) is 0 Å². The van der Waals surface area contributed by atoms with Crippen LogP contribution in [0.2, 0.25) is 10.0 Å². The third-order valence-corrected chi connectivity index (χ3v) is 4.27. The molecule has 0 aromatic heterocycles. The number of hydrogen-bond donors (Lipinski definition) is 1. The first-order valence-electron chi connectivity index (χ1n) is 6.45. The summed E-state index contributed by atoms with van der Waals surface area (Å²) in [5, 5.41) is 15.5. The van der Waals surface area contributed by atoms with E-state index in [-0.39, 0.29) is 16.7 Å². The summed E-state index contributed by atoms with van der Waals surface area (Å²) >= 11 is 15.4. The molecule has 1 N–H and O–H groups in total. The number of nitrogens with zero attached hydrogens (tertiary/aromatic N) is 1. The Morgan fingerprint density at radius 1 is 1.27 bits per heavy atom. The second-order valence-electron chi connectivity index (χ2n) is 4.91. The zero-order chi connectivity index (χ0) is 16.4. The fourth-order valence-electron chi connectivity index (χ4n) is 2.25. The number of benzene rings is 2. The van der Waals surface area contributed by atoms with E-state index in [0.29, 0.717) is 21.3 Å². The van der Waals surface area contributed by atoms with E-state index in [0.717, 1.165) is 10.0 Å². The predicted molar refractivity (Wildman–Crippen MR) is 94.0 cm³/mol. The summed E-state index contributed by atoms with van der Waals surface area (Å²) in [5.41, 5.74) is 1.89. The molecule has 2 aromatic rings. The van der Waals surface area contributed by atoms with Crippen molar-refractivity contribution >= 4 is 50.5 Å². The summed E-state index contributed by atoms with van der Waals surface area (Å²) < 4.78 is 0.771. The van der Waals surface area contributed by atoms with Crippen LogP contribution in [0.4, 0.5) is 11.4 Å². The zero-order valence-corrected chi connectivity index (χ0v) is 15.0. The van der Waals surface area contributed by atoms with Gasteiger partial charge in [-0.2, -0.15) is 0 Å². The summed E-state index contributed by atoms with van der Waals surface area (Å²) in [6.45, 7) is 3.59. The van der Waals surface area contributed by atoms with Crippen molar-refractivity contribution in [3.63, 3.8) is 0 Å². The maximum Gasteiger partial charge on any atom is 0.295 e. The van der Waals surface area contributed by atoms with E-state index in [1.165, 1.54) is 0 Å². The lowest BCUT2D eigenvalue weighted by molar-refractivity contribution is -0.384. The molecular weight excluding hydrogens is 391 g/mol. The topological polar surface area (TPSA) is 55.2 Å². The summed E-state index contributed by atoms with van der Waals surface area (Å²) in [5.74, 6) is 0. The van der Waals surface area contributed by atoms with Gasteiger partial charge in [-0.05, 0) is 43.7 Å². The van der Waals surface area contributed by atoms with Gasteiger partial charge in [0.05, 0.1) is 11.0 Å². The second-order valence-corrected chi connectivity index (χ2v) is 6.67. The van der Waals surface area contributed by atoms with Crippen molar-refractivity contribution in [3.8, 4) is 0 Å². The average Bonchev–Trinajstić information content (AvgIpc) is 2.36. The van der Waals surface area contributed by atoms with Gasteiger partial charge in [0.1, 0.15) is 5.69 Å². The highest BCUT2D eigenvalue weighted by molar-refractivity contribution is 9.10. The van der Waals surface area contributed by atoms with E-state index in [1.54, 1.807) is 37.3 Å². The number of hydrogen-bond acceptors (Lipinski definition) is 3. The number of nitrogens with one attached hydrogen (secondary N) is 1. The van der Waals surface area contributed by atoms with Crippen LogP contribution in [0.5, 0.6) is 0 Å². The molecule has 22 heavy (non-hydrogen) atoms. The van der Waals surface area contributed by atoms with Gasteiger partial charge in [0.25, 0.3) is 5.69 Å². The Kier molecular flexibility index (Phi) is 5.32. The minimum atomic E-state index is -0.389. The normalized spacial score (nSPS) is 12.0. The molecule has 116 valence electrons. The molecule has 0 aliphatic carbocycles. The third kappa shape index (κ3) is 3.72. The highest BCUT2D eigenvalue weighted by atomic mass is 79.9. The van der Waals surface area contributed by atoms with Crippen LogP contribution in [0.1, 0.15) is 24.1 Å². The van der Waals surface area contributed by atoms with Crippen molar-refractivity contribution in [3.05, 3.63) is 66.1 Å². The Labute approximate surface area is 146 Å². The lowest BCUT2D eigenvalue weighted by atomic mass is 10.1. The molecule has 0 spiro atoms. The average molecular weight is 404 g/mol. The van der Waals surface area contributed by atoms with Crippen molar-refractivity contribution in [2.45, 2.75) is 19.9 Å². The van der Waals surface area contributed by atoms with Gasteiger partial charge < -0.3 is 5.32 Å². The largest absolute Gasteiger partial charge is 0.373 e.